The first kappa shape index (κ1) is 49.2. The van der Waals surface area contributed by atoms with Crippen molar-refractivity contribution in [1.29, 1.82) is 0 Å². The van der Waals surface area contributed by atoms with Crippen molar-refractivity contribution in [2.45, 2.75) is 157 Å². The monoisotopic (exact) mass is 870 g/mol. The van der Waals surface area contributed by atoms with Gasteiger partial charge in [0.2, 0.25) is 5.91 Å². The number of aromatic nitrogens is 2. The largest absolute Gasteiger partial charge is 0.462 e. The second kappa shape index (κ2) is 22.8. The standard InChI is InChI=1S/C53H87N7O3/c1-38(2)13-12-14-39(3)47-17-18-48-46-16-15-40-33-45(21-25-52(40,4)49(46)22-26-53(47,48)5)63-51(62)20-19-50(61)57-28-11-10-27-54-41-23-29-55-42(34-41)36-59(8)31-32-60(9)37-43-35-44(58(6)7)24-30-56-43/h23-24,29-30,34-35,38-40,45-49H,10-22,25-28,31-33,36-37H2,1-9H3,(H,54,55)(H,57,61). The number of carbonyl (C=O) groups is 2. The van der Waals surface area contributed by atoms with E-state index in [0.717, 1.165) is 111 Å². The van der Waals surface area contributed by atoms with Crippen molar-refractivity contribution < 1.29 is 14.3 Å². The Kier molecular flexibility index (Phi) is 17.8. The van der Waals surface area contributed by atoms with Crippen LogP contribution in [0.4, 0.5) is 11.4 Å². The zero-order valence-electron chi connectivity index (χ0n) is 41.1. The molecule has 0 radical (unpaired) electrons. The third-order valence-electron chi connectivity index (χ3n) is 16.8. The average molecular weight is 870 g/mol. The fourth-order valence-electron chi connectivity index (χ4n) is 13.2. The van der Waals surface area contributed by atoms with Crippen LogP contribution in [0, 0.1) is 52.3 Å². The maximum atomic E-state index is 13.0. The molecule has 9 atom stereocenters. The first-order chi connectivity index (χ1) is 30.1. The highest BCUT2D eigenvalue weighted by atomic mass is 16.5. The fraction of sp³-hybridized carbons (Fsp3) is 0.774. The number of pyridine rings is 2. The molecule has 4 saturated carbocycles. The normalized spacial score (nSPS) is 28.3. The van der Waals surface area contributed by atoms with Crippen LogP contribution in [0.15, 0.2) is 36.7 Å². The Labute approximate surface area is 382 Å². The second-order valence-corrected chi connectivity index (χ2v) is 22.0. The molecule has 4 fully saturated rings. The number of fused-ring (bicyclic) bond motifs is 5. The Morgan fingerprint density at radius 3 is 2.19 bits per heavy atom. The molecule has 4 aliphatic carbocycles. The number of nitrogens with one attached hydrogen (secondary N) is 2. The number of unbranched alkanes of at least 4 members (excludes halogenated alkanes) is 1. The van der Waals surface area contributed by atoms with Crippen molar-refractivity contribution in [2.24, 2.45) is 52.3 Å². The van der Waals surface area contributed by atoms with Gasteiger partial charge in [-0.3, -0.25) is 29.4 Å². The molecule has 0 bridgehead atoms. The SMILES string of the molecule is CC(C)CCCC(C)C1CCC2C3CCC4CC(OC(=O)CCC(=O)NCCCCNc5ccnc(CN(C)CCN(C)Cc6cc(N(C)C)ccn6)c5)CCC4(C)C3CCC12C. The minimum atomic E-state index is -0.209. The van der Waals surface area contributed by atoms with Crippen LogP contribution in [-0.4, -0.2) is 92.1 Å². The number of rotatable bonds is 23. The Balaban J connectivity index is 0.820. The van der Waals surface area contributed by atoms with Gasteiger partial charge in [0.05, 0.1) is 17.8 Å². The summed E-state index contributed by atoms with van der Waals surface area (Å²) >= 11 is 0. The van der Waals surface area contributed by atoms with Crippen LogP contribution in [0.1, 0.15) is 149 Å². The zero-order valence-corrected chi connectivity index (χ0v) is 41.1. The molecule has 9 unspecified atom stereocenters. The molecule has 1 amide bonds. The van der Waals surface area contributed by atoms with E-state index in [0.29, 0.717) is 23.3 Å². The van der Waals surface area contributed by atoms with Gasteiger partial charge in [0.15, 0.2) is 0 Å². The topological polar surface area (TPSA) is 103 Å². The molecule has 2 heterocycles. The smallest absolute Gasteiger partial charge is 0.306 e. The van der Waals surface area contributed by atoms with E-state index in [-0.39, 0.29) is 30.8 Å². The molecular formula is C53H87N7O3. The van der Waals surface area contributed by atoms with Crippen LogP contribution in [0.2, 0.25) is 0 Å². The molecule has 4 aliphatic rings. The molecule has 0 saturated heterocycles. The summed E-state index contributed by atoms with van der Waals surface area (Å²) in [6.07, 6.45) is 21.6. The van der Waals surface area contributed by atoms with Gasteiger partial charge in [-0.1, -0.05) is 53.9 Å². The lowest BCUT2D eigenvalue weighted by atomic mass is 9.44. The number of likely N-dealkylation sites (N-methyl/N-ethyl adjacent to an activating group) is 2. The quantitative estimate of drug-likeness (QED) is 0.0835. The van der Waals surface area contributed by atoms with Gasteiger partial charge in [-0.25, -0.2) is 0 Å². The lowest BCUT2D eigenvalue weighted by Gasteiger charge is -2.61. The molecule has 0 spiro atoms. The van der Waals surface area contributed by atoms with E-state index in [1.165, 1.54) is 69.9 Å². The summed E-state index contributed by atoms with van der Waals surface area (Å²) in [5, 5.41) is 6.54. The third-order valence-corrected chi connectivity index (χ3v) is 16.8. The molecule has 2 aromatic rings. The summed E-state index contributed by atoms with van der Waals surface area (Å²) in [6.45, 7) is 17.5. The van der Waals surface area contributed by atoms with Crippen LogP contribution in [-0.2, 0) is 27.4 Å². The maximum absolute atomic E-state index is 13.0. The predicted molar refractivity (Wildman–Crippen MR) is 258 cm³/mol. The molecule has 0 aromatic carbocycles. The van der Waals surface area contributed by atoms with Gasteiger partial charge in [-0.05, 0) is 161 Å². The van der Waals surface area contributed by atoms with E-state index in [1.54, 1.807) is 0 Å². The van der Waals surface area contributed by atoms with E-state index < -0.39 is 0 Å². The molecular weight excluding hydrogens is 783 g/mol. The summed E-state index contributed by atoms with van der Waals surface area (Å²) < 4.78 is 6.08. The highest BCUT2D eigenvalue weighted by Gasteiger charge is 2.60. The highest BCUT2D eigenvalue weighted by Crippen LogP contribution is 2.68. The number of nitrogens with zero attached hydrogens (tertiary/aromatic N) is 5. The number of esters is 1. The second-order valence-electron chi connectivity index (χ2n) is 22.0. The Morgan fingerprint density at radius 2 is 1.46 bits per heavy atom. The van der Waals surface area contributed by atoms with E-state index in [4.69, 9.17) is 4.74 Å². The molecule has 2 N–H and O–H groups in total. The minimum absolute atomic E-state index is 0.00367. The Bertz CT molecular complexity index is 1750. The molecule has 0 aliphatic heterocycles. The average Bonchev–Trinajstić information content (AvgIpc) is 3.61. The van der Waals surface area contributed by atoms with E-state index >= 15 is 0 Å². The van der Waals surface area contributed by atoms with Gasteiger partial charge in [0.1, 0.15) is 6.10 Å². The first-order valence-corrected chi connectivity index (χ1v) is 25.3. The van der Waals surface area contributed by atoms with Crippen LogP contribution in [0.25, 0.3) is 0 Å². The van der Waals surface area contributed by atoms with Crippen molar-refractivity contribution >= 4 is 23.3 Å². The van der Waals surface area contributed by atoms with Gasteiger partial charge >= 0.3 is 5.97 Å². The first-order valence-electron chi connectivity index (χ1n) is 25.3. The van der Waals surface area contributed by atoms with Crippen molar-refractivity contribution in [1.82, 2.24) is 25.1 Å². The lowest BCUT2D eigenvalue weighted by molar-refractivity contribution is -0.163. The summed E-state index contributed by atoms with van der Waals surface area (Å²) in [6, 6.07) is 8.31. The van der Waals surface area contributed by atoms with Crippen molar-refractivity contribution in [3.05, 3.63) is 48.0 Å². The van der Waals surface area contributed by atoms with E-state index in [9.17, 15) is 9.59 Å². The number of amides is 1. The molecule has 10 nitrogen and oxygen atoms in total. The summed E-state index contributed by atoms with van der Waals surface area (Å²) in [5.41, 5.74) is 5.24. The van der Waals surface area contributed by atoms with Crippen LogP contribution in [0.5, 0.6) is 0 Å². The van der Waals surface area contributed by atoms with Crippen LogP contribution < -0.4 is 15.5 Å². The third kappa shape index (κ3) is 13.2. The zero-order chi connectivity index (χ0) is 45.1. The Hall–Kier alpha value is -3.24. The van der Waals surface area contributed by atoms with Gasteiger partial charge < -0.3 is 20.3 Å². The number of anilines is 2. The van der Waals surface area contributed by atoms with Crippen LogP contribution in [0.3, 0.4) is 0 Å². The van der Waals surface area contributed by atoms with Crippen LogP contribution >= 0.6 is 0 Å². The van der Waals surface area contributed by atoms with Crippen molar-refractivity contribution in [3.63, 3.8) is 0 Å². The fourth-order valence-corrected chi connectivity index (χ4v) is 13.2. The van der Waals surface area contributed by atoms with Gasteiger partial charge in [0.25, 0.3) is 0 Å². The maximum Gasteiger partial charge on any atom is 0.306 e. The van der Waals surface area contributed by atoms with Crippen molar-refractivity contribution in [2.75, 3.05) is 64.6 Å². The van der Waals surface area contributed by atoms with Gasteiger partial charge in [-0.15, -0.1) is 0 Å². The molecule has 63 heavy (non-hydrogen) atoms. The Morgan fingerprint density at radius 1 is 0.778 bits per heavy atom. The molecule has 352 valence electrons. The van der Waals surface area contributed by atoms with E-state index in [2.05, 4.69) is 110 Å². The van der Waals surface area contributed by atoms with E-state index in [1.807, 2.05) is 24.5 Å². The molecule has 6 rings (SSSR count). The van der Waals surface area contributed by atoms with Crippen molar-refractivity contribution in [3.8, 4) is 0 Å². The van der Waals surface area contributed by atoms with Gasteiger partial charge in [0, 0.05) is 83.6 Å². The minimum Gasteiger partial charge on any atom is -0.462 e. The number of hydrogen-bond donors (Lipinski definition) is 2. The molecule has 2 aromatic heterocycles. The number of hydrogen-bond acceptors (Lipinski definition) is 9. The molecule has 10 heteroatoms. The number of carbonyl (C=O) groups excluding carboxylic acids is 2. The van der Waals surface area contributed by atoms with Gasteiger partial charge in [-0.2, -0.15) is 0 Å². The lowest BCUT2D eigenvalue weighted by Crippen LogP contribution is -2.54. The number of ether oxygens (including phenoxy) is 1. The summed E-state index contributed by atoms with van der Waals surface area (Å²) in [7, 11) is 8.38. The summed E-state index contributed by atoms with van der Waals surface area (Å²) in [5.74, 6) is 5.54. The highest BCUT2D eigenvalue weighted by molar-refractivity contribution is 5.81. The summed E-state index contributed by atoms with van der Waals surface area (Å²) in [4.78, 5) is 41.5. The predicted octanol–water partition coefficient (Wildman–Crippen LogP) is 10.2.